The third-order valence-electron chi connectivity index (χ3n) is 2.06. The van der Waals surface area contributed by atoms with Crippen LogP contribution in [-0.4, -0.2) is 10.1 Å². The van der Waals surface area contributed by atoms with Crippen LogP contribution in [0.15, 0.2) is 40.4 Å². The van der Waals surface area contributed by atoms with E-state index in [4.69, 9.17) is 0 Å². The molecule has 2 rings (SSSR count). The van der Waals surface area contributed by atoms with E-state index >= 15 is 0 Å². The lowest BCUT2D eigenvalue weighted by atomic mass is 10.1. The Bertz CT molecular complexity index is 430. The third kappa shape index (κ3) is 2.87. The summed E-state index contributed by atoms with van der Waals surface area (Å²) in [6.45, 7) is 0. The van der Waals surface area contributed by atoms with Crippen molar-refractivity contribution in [3.8, 4) is 0 Å². The van der Waals surface area contributed by atoms with Crippen LogP contribution in [0.4, 0.5) is 0 Å². The Morgan fingerprint density at radius 3 is 3.00 bits per heavy atom. The first-order valence-corrected chi connectivity index (χ1v) is 6.24. The average Bonchev–Trinajstić information content (AvgIpc) is 2.70. The van der Waals surface area contributed by atoms with Gasteiger partial charge in [0.25, 0.3) is 0 Å². The SMILES string of the molecule is OC(Cc1cncc(Br)c1)c1cccs1. The summed E-state index contributed by atoms with van der Waals surface area (Å²) in [6, 6.07) is 5.87. The van der Waals surface area contributed by atoms with E-state index in [1.54, 1.807) is 23.7 Å². The lowest BCUT2D eigenvalue weighted by molar-refractivity contribution is 0.182. The van der Waals surface area contributed by atoms with Gasteiger partial charge >= 0.3 is 0 Å². The highest BCUT2D eigenvalue weighted by Gasteiger charge is 2.09. The largest absolute Gasteiger partial charge is 0.387 e. The van der Waals surface area contributed by atoms with Crippen molar-refractivity contribution in [2.45, 2.75) is 12.5 Å². The van der Waals surface area contributed by atoms with E-state index in [2.05, 4.69) is 20.9 Å². The summed E-state index contributed by atoms with van der Waals surface area (Å²) < 4.78 is 0.943. The lowest BCUT2D eigenvalue weighted by Gasteiger charge is -2.08. The van der Waals surface area contributed by atoms with Crippen molar-refractivity contribution in [3.63, 3.8) is 0 Å². The maximum atomic E-state index is 9.92. The van der Waals surface area contributed by atoms with E-state index in [1.807, 2.05) is 23.6 Å². The molecule has 15 heavy (non-hydrogen) atoms. The van der Waals surface area contributed by atoms with Gasteiger partial charge < -0.3 is 5.11 Å². The number of halogens is 1. The van der Waals surface area contributed by atoms with E-state index in [0.29, 0.717) is 6.42 Å². The maximum Gasteiger partial charge on any atom is 0.0922 e. The molecule has 1 unspecified atom stereocenters. The molecule has 0 amide bonds. The van der Waals surface area contributed by atoms with E-state index in [0.717, 1.165) is 14.9 Å². The summed E-state index contributed by atoms with van der Waals surface area (Å²) >= 11 is 4.93. The Labute approximate surface area is 101 Å². The van der Waals surface area contributed by atoms with Crippen LogP contribution in [0.2, 0.25) is 0 Å². The number of nitrogens with zero attached hydrogens (tertiary/aromatic N) is 1. The molecule has 0 radical (unpaired) electrons. The Hall–Kier alpha value is -0.710. The number of aliphatic hydroxyl groups is 1. The van der Waals surface area contributed by atoms with Crippen molar-refractivity contribution >= 4 is 27.3 Å². The molecule has 0 saturated carbocycles. The van der Waals surface area contributed by atoms with E-state index < -0.39 is 6.10 Å². The second-order valence-electron chi connectivity index (χ2n) is 3.25. The molecule has 2 aromatic rings. The molecule has 2 aromatic heterocycles. The van der Waals surface area contributed by atoms with Gasteiger partial charge in [0.15, 0.2) is 0 Å². The number of hydrogen-bond donors (Lipinski definition) is 1. The fourth-order valence-electron chi connectivity index (χ4n) is 1.37. The van der Waals surface area contributed by atoms with Gasteiger partial charge in [0, 0.05) is 28.2 Å². The normalized spacial score (nSPS) is 12.7. The first-order valence-electron chi connectivity index (χ1n) is 4.56. The molecule has 0 saturated heterocycles. The van der Waals surface area contributed by atoms with Crippen LogP contribution >= 0.6 is 27.3 Å². The number of aliphatic hydroxyl groups excluding tert-OH is 1. The quantitative estimate of drug-likeness (QED) is 0.939. The van der Waals surface area contributed by atoms with Crippen molar-refractivity contribution in [2.24, 2.45) is 0 Å². The van der Waals surface area contributed by atoms with Gasteiger partial charge in [-0.15, -0.1) is 11.3 Å². The zero-order valence-corrected chi connectivity index (χ0v) is 10.3. The Kier molecular flexibility index (Phi) is 3.51. The average molecular weight is 284 g/mol. The van der Waals surface area contributed by atoms with Gasteiger partial charge in [-0.2, -0.15) is 0 Å². The summed E-state index contributed by atoms with van der Waals surface area (Å²) in [5, 5.41) is 11.9. The molecule has 78 valence electrons. The zero-order valence-electron chi connectivity index (χ0n) is 7.93. The maximum absolute atomic E-state index is 9.92. The van der Waals surface area contributed by atoms with E-state index in [-0.39, 0.29) is 0 Å². The van der Waals surface area contributed by atoms with Crippen LogP contribution in [-0.2, 0) is 6.42 Å². The summed E-state index contributed by atoms with van der Waals surface area (Å²) in [4.78, 5) is 5.06. The van der Waals surface area contributed by atoms with Crippen LogP contribution in [0.1, 0.15) is 16.5 Å². The highest BCUT2D eigenvalue weighted by Crippen LogP contribution is 2.23. The Morgan fingerprint density at radius 1 is 1.47 bits per heavy atom. The van der Waals surface area contributed by atoms with Crippen molar-refractivity contribution in [2.75, 3.05) is 0 Å². The minimum Gasteiger partial charge on any atom is -0.387 e. The van der Waals surface area contributed by atoms with Crippen LogP contribution in [0, 0.1) is 0 Å². The number of pyridine rings is 1. The number of aromatic nitrogens is 1. The minimum absolute atomic E-state index is 0.430. The van der Waals surface area contributed by atoms with Crippen molar-refractivity contribution in [3.05, 3.63) is 50.9 Å². The summed E-state index contributed by atoms with van der Waals surface area (Å²) in [7, 11) is 0. The van der Waals surface area contributed by atoms with Crippen LogP contribution < -0.4 is 0 Å². The molecular formula is C11H10BrNOS. The molecule has 2 heterocycles. The molecule has 0 aromatic carbocycles. The topological polar surface area (TPSA) is 33.1 Å². The smallest absolute Gasteiger partial charge is 0.0922 e. The first-order chi connectivity index (χ1) is 7.25. The van der Waals surface area contributed by atoms with Gasteiger partial charge in [0.2, 0.25) is 0 Å². The summed E-state index contributed by atoms with van der Waals surface area (Å²) in [6.07, 6.45) is 3.69. The number of hydrogen-bond acceptors (Lipinski definition) is 3. The van der Waals surface area contributed by atoms with E-state index in [1.165, 1.54) is 0 Å². The fourth-order valence-corrected chi connectivity index (χ4v) is 2.50. The lowest BCUT2D eigenvalue weighted by Crippen LogP contribution is -1.99. The monoisotopic (exact) mass is 283 g/mol. The van der Waals surface area contributed by atoms with Crippen molar-refractivity contribution in [1.82, 2.24) is 4.98 Å². The summed E-state index contributed by atoms with van der Waals surface area (Å²) in [5.74, 6) is 0. The standard InChI is InChI=1S/C11H10BrNOS/c12-9-4-8(6-13-7-9)5-10(14)11-2-1-3-15-11/h1-4,6-7,10,14H,5H2. The van der Waals surface area contributed by atoms with Crippen LogP contribution in [0.25, 0.3) is 0 Å². The molecule has 2 nitrogen and oxygen atoms in total. The predicted molar refractivity (Wildman–Crippen MR) is 64.9 cm³/mol. The van der Waals surface area contributed by atoms with Crippen molar-refractivity contribution in [1.29, 1.82) is 0 Å². The highest BCUT2D eigenvalue weighted by atomic mass is 79.9. The van der Waals surface area contributed by atoms with E-state index in [9.17, 15) is 5.11 Å². The van der Waals surface area contributed by atoms with Gasteiger partial charge in [-0.05, 0) is 39.0 Å². The molecule has 0 aliphatic heterocycles. The van der Waals surface area contributed by atoms with Gasteiger partial charge in [-0.1, -0.05) is 6.07 Å². The zero-order chi connectivity index (χ0) is 10.7. The molecular weight excluding hydrogens is 274 g/mol. The molecule has 0 spiro atoms. The number of thiophene rings is 1. The molecule has 4 heteroatoms. The van der Waals surface area contributed by atoms with Gasteiger partial charge in [-0.25, -0.2) is 0 Å². The third-order valence-corrected chi connectivity index (χ3v) is 3.47. The molecule has 0 aliphatic carbocycles. The van der Waals surface area contributed by atoms with Gasteiger partial charge in [0.05, 0.1) is 6.10 Å². The second kappa shape index (κ2) is 4.88. The molecule has 0 aliphatic rings. The van der Waals surface area contributed by atoms with Crippen LogP contribution in [0.3, 0.4) is 0 Å². The molecule has 0 bridgehead atoms. The first kappa shape index (κ1) is 10.8. The van der Waals surface area contributed by atoms with Crippen LogP contribution in [0.5, 0.6) is 0 Å². The fraction of sp³-hybridized carbons (Fsp3) is 0.182. The Balaban J connectivity index is 2.09. The van der Waals surface area contributed by atoms with Crippen molar-refractivity contribution < 1.29 is 5.11 Å². The predicted octanol–water partition coefficient (Wildman–Crippen LogP) is 3.18. The van der Waals surface area contributed by atoms with Gasteiger partial charge in [-0.3, -0.25) is 4.98 Å². The minimum atomic E-state index is -0.430. The molecule has 0 fully saturated rings. The Morgan fingerprint density at radius 2 is 2.33 bits per heavy atom. The molecule has 1 N–H and O–H groups in total. The summed E-state index contributed by atoms with van der Waals surface area (Å²) in [5.41, 5.74) is 1.03. The number of rotatable bonds is 3. The highest BCUT2D eigenvalue weighted by molar-refractivity contribution is 9.10. The van der Waals surface area contributed by atoms with Gasteiger partial charge in [0.1, 0.15) is 0 Å². The second-order valence-corrected chi connectivity index (χ2v) is 5.14. The molecule has 1 atom stereocenters.